The van der Waals surface area contributed by atoms with Gasteiger partial charge in [0.1, 0.15) is 12.4 Å². The van der Waals surface area contributed by atoms with E-state index in [2.05, 4.69) is 10.6 Å². The number of anilines is 1. The van der Waals surface area contributed by atoms with E-state index in [-0.39, 0.29) is 17.9 Å². The molecule has 1 saturated heterocycles. The summed E-state index contributed by atoms with van der Waals surface area (Å²) >= 11 is 0. The molecule has 176 valence electrons. The number of urea groups is 1. The minimum absolute atomic E-state index is 0.000956. The van der Waals surface area contributed by atoms with Crippen LogP contribution < -0.4 is 15.4 Å². The predicted molar refractivity (Wildman–Crippen MR) is 134 cm³/mol. The Bertz CT molecular complexity index is 1100. The van der Waals surface area contributed by atoms with Gasteiger partial charge in [-0.3, -0.25) is 4.79 Å². The topological polar surface area (TPSA) is 70.7 Å². The molecular weight excluding hydrogens is 426 g/mol. The molecule has 1 fully saturated rings. The number of carbonyl (C=O) groups is 2. The Balaban J connectivity index is 1.28. The van der Waals surface area contributed by atoms with Gasteiger partial charge in [-0.2, -0.15) is 0 Å². The lowest BCUT2D eigenvalue weighted by Crippen LogP contribution is -2.44. The van der Waals surface area contributed by atoms with Crippen molar-refractivity contribution in [3.8, 4) is 5.75 Å². The van der Waals surface area contributed by atoms with Gasteiger partial charge in [-0.15, -0.1) is 0 Å². The Morgan fingerprint density at radius 3 is 2.59 bits per heavy atom. The maximum atomic E-state index is 13.1. The molecule has 1 heterocycles. The van der Waals surface area contributed by atoms with E-state index in [9.17, 15) is 9.59 Å². The second-order valence-corrected chi connectivity index (χ2v) is 8.76. The highest BCUT2D eigenvalue weighted by Gasteiger charge is 2.25. The number of benzene rings is 3. The molecule has 3 aromatic carbocycles. The lowest BCUT2D eigenvalue weighted by atomic mass is 9.97. The zero-order valence-electron chi connectivity index (χ0n) is 19.5. The minimum atomic E-state index is -0.226. The molecule has 1 aliphatic rings. The second-order valence-electron chi connectivity index (χ2n) is 8.76. The number of nitrogens with one attached hydrogen (secondary N) is 2. The average molecular weight is 458 g/mol. The first-order valence-electron chi connectivity index (χ1n) is 11.7. The molecule has 2 N–H and O–H groups in total. The number of hydrogen-bond donors (Lipinski definition) is 2. The second kappa shape index (κ2) is 11.4. The molecular formula is C28H31N3O3. The highest BCUT2D eigenvalue weighted by molar-refractivity contribution is 5.94. The maximum absolute atomic E-state index is 13.1. The molecule has 0 spiro atoms. The van der Waals surface area contributed by atoms with Crippen molar-refractivity contribution in [1.29, 1.82) is 0 Å². The smallest absolute Gasteiger partial charge is 0.319 e. The van der Waals surface area contributed by atoms with Crippen LogP contribution in [0.4, 0.5) is 10.5 Å². The van der Waals surface area contributed by atoms with Gasteiger partial charge in [0.15, 0.2) is 0 Å². The number of rotatable bonds is 7. The normalized spacial score (nSPS) is 15.4. The van der Waals surface area contributed by atoms with Crippen molar-refractivity contribution >= 4 is 17.6 Å². The summed E-state index contributed by atoms with van der Waals surface area (Å²) in [6.45, 7) is 4.34. The van der Waals surface area contributed by atoms with Gasteiger partial charge in [0.25, 0.3) is 5.91 Å². The largest absolute Gasteiger partial charge is 0.489 e. The number of nitrogens with zero attached hydrogens (tertiary/aromatic N) is 1. The summed E-state index contributed by atoms with van der Waals surface area (Å²) < 4.78 is 5.89. The van der Waals surface area contributed by atoms with Crippen molar-refractivity contribution in [1.82, 2.24) is 10.2 Å². The van der Waals surface area contributed by atoms with Gasteiger partial charge in [-0.1, -0.05) is 54.1 Å². The van der Waals surface area contributed by atoms with Crippen molar-refractivity contribution in [3.05, 3.63) is 95.6 Å². The summed E-state index contributed by atoms with van der Waals surface area (Å²) in [4.78, 5) is 27.3. The van der Waals surface area contributed by atoms with Crippen molar-refractivity contribution < 1.29 is 14.3 Å². The van der Waals surface area contributed by atoms with Crippen LogP contribution in [0.15, 0.2) is 78.9 Å². The zero-order chi connectivity index (χ0) is 23.8. The Morgan fingerprint density at radius 1 is 1.00 bits per heavy atom. The molecule has 6 heteroatoms. The van der Waals surface area contributed by atoms with E-state index in [1.54, 1.807) is 0 Å². The molecule has 4 rings (SSSR count). The number of ether oxygens (including phenoxy) is 1. The first kappa shape index (κ1) is 23.4. The number of piperidine rings is 1. The Hall–Kier alpha value is -3.80. The quantitative estimate of drug-likeness (QED) is 0.509. The molecule has 1 unspecified atom stereocenters. The number of hydrogen-bond acceptors (Lipinski definition) is 3. The first-order valence-corrected chi connectivity index (χ1v) is 11.7. The van der Waals surface area contributed by atoms with Gasteiger partial charge in [0.05, 0.1) is 0 Å². The van der Waals surface area contributed by atoms with Crippen LogP contribution in [-0.2, 0) is 6.61 Å². The summed E-state index contributed by atoms with van der Waals surface area (Å²) in [7, 11) is 0. The van der Waals surface area contributed by atoms with E-state index >= 15 is 0 Å². The average Bonchev–Trinajstić information content (AvgIpc) is 2.88. The minimum Gasteiger partial charge on any atom is -0.489 e. The Morgan fingerprint density at radius 2 is 1.79 bits per heavy atom. The number of likely N-dealkylation sites (tertiary alicyclic amines) is 1. The third-order valence-electron chi connectivity index (χ3n) is 6.00. The third-order valence-corrected chi connectivity index (χ3v) is 6.00. The van der Waals surface area contributed by atoms with Crippen LogP contribution in [-0.4, -0.2) is 36.5 Å². The highest BCUT2D eigenvalue weighted by Crippen LogP contribution is 2.21. The van der Waals surface area contributed by atoms with Crippen LogP contribution in [0.5, 0.6) is 5.75 Å². The van der Waals surface area contributed by atoms with Crippen LogP contribution >= 0.6 is 0 Å². The van der Waals surface area contributed by atoms with Gasteiger partial charge in [-0.05, 0) is 61.6 Å². The van der Waals surface area contributed by atoms with Crippen LogP contribution in [0.25, 0.3) is 0 Å². The Kier molecular flexibility index (Phi) is 7.81. The molecule has 0 aromatic heterocycles. The van der Waals surface area contributed by atoms with Gasteiger partial charge in [-0.25, -0.2) is 4.79 Å². The summed E-state index contributed by atoms with van der Waals surface area (Å²) in [6, 6.07) is 24.8. The van der Waals surface area contributed by atoms with Crippen molar-refractivity contribution in [2.24, 2.45) is 5.92 Å². The predicted octanol–water partition coefficient (Wildman–Crippen LogP) is 5.25. The lowest BCUT2D eigenvalue weighted by molar-refractivity contribution is 0.0674. The lowest BCUT2D eigenvalue weighted by Gasteiger charge is -2.33. The van der Waals surface area contributed by atoms with Gasteiger partial charge in [0.2, 0.25) is 0 Å². The molecule has 34 heavy (non-hydrogen) atoms. The number of aryl methyl sites for hydroxylation is 1. The standard InChI is InChI=1S/C28H31N3O3/c1-21-12-14-25(15-13-21)30-28(33)29-18-23-9-6-16-31(19-23)27(32)24-10-5-11-26(17-24)34-20-22-7-3-2-4-8-22/h2-5,7-8,10-15,17,23H,6,9,16,18-20H2,1H3,(H2,29,30,33). The van der Waals surface area contributed by atoms with E-state index in [1.165, 1.54) is 0 Å². The van der Waals surface area contributed by atoms with Crippen molar-refractivity contribution in [2.45, 2.75) is 26.4 Å². The van der Waals surface area contributed by atoms with Crippen LogP contribution in [0.3, 0.4) is 0 Å². The molecule has 3 amide bonds. The summed E-state index contributed by atoms with van der Waals surface area (Å²) in [5, 5.41) is 5.80. The number of carbonyl (C=O) groups excluding carboxylic acids is 2. The fraction of sp³-hybridized carbons (Fsp3) is 0.286. The zero-order valence-corrected chi connectivity index (χ0v) is 19.5. The monoisotopic (exact) mass is 457 g/mol. The molecule has 0 saturated carbocycles. The summed E-state index contributed by atoms with van der Waals surface area (Å²) in [5.74, 6) is 0.899. The van der Waals surface area contributed by atoms with Crippen molar-refractivity contribution in [2.75, 3.05) is 25.0 Å². The van der Waals surface area contributed by atoms with E-state index in [1.807, 2.05) is 90.7 Å². The van der Waals surface area contributed by atoms with Gasteiger partial charge < -0.3 is 20.3 Å². The van der Waals surface area contributed by atoms with Gasteiger partial charge >= 0.3 is 6.03 Å². The summed E-state index contributed by atoms with van der Waals surface area (Å²) in [5.41, 5.74) is 3.61. The number of amides is 3. The fourth-order valence-corrected chi connectivity index (χ4v) is 4.11. The highest BCUT2D eigenvalue weighted by atomic mass is 16.5. The maximum Gasteiger partial charge on any atom is 0.319 e. The molecule has 6 nitrogen and oxygen atoms in total. The third kappa shape index (κ3) is 6.61. The fourth-order valence-electron chi connectivity index (χ4n) is 4.11. The first-order chi connectivity index (χ1) is 16.6. The summed E-state index contributed by atoms with van der Waals surface area (Å²) in [6.07, 6.45) is 1.90. The molecule has 0 bridgehead atoms. The molecule has 0 aliphatic carbocycles. The van der Waals surface area contributed by atoms with E-state index in [4.69, 9.17) is 4.74 Å². The van der Waals surface area contributed by atoms with Crippen LogP contribution in [0, 0.1) is 12.8 Å². The van der Waals surface area contributed by atoms with Crippen LogP contribution in [0.2, 0.25) is 0 Å². The van der Waals surface area contributed by atoms with Crippen molar-refractivity contribution in [3.63, 3.8) is 0 Å². The molecule has 0 radical (unpaired) electrons. The van der Waals surface area contributed by atoms with E-state index < -0.39 is 0 Å². The molecule has 3 aromatic rings. The molecule has 1 atom stereocenters. The SMILES string of the molecule is Cc1ccc(NC(=O)NCC2CCCN(C(=O)c3cccc(OCc4ccccc4)c3)C2)cc1. The molecule has 1 aliphatic heterocycles. The van der Waals surface area contributed by atoms with Crippen LogP contribution in [0.1, 0.15) is 34.3 Å². The van der Waals surface area contributed by atoms with E-state index in [0.717, 1.165) is 36.2 Å². The van der Waals surface area contributed by atoms with Gasteiger partial charge in [0, 0.05) is 30.9 Å². The van der Waals surface area contributed by atoms with E-state index in [0.29, 0.717) is 31.0 Å². The Labute approximate surface area is 200 Å².